The van der Waals surface area contributed by atoms with Crippen LogP contribution in [0.15, 0.2) is 59.8 Å². The molecule has 3 aliphatic heterocycles. The van der Waals surface area contributed by atoms with Crippen LogP contribution in [0.1, 0.15) is 43.0 Å². The molecule has 0 N–H and O–H groups in total. The first-order chi connectivity index (χ1) is 16.0. The monoisotopic (exact) mass is 445 g/mol. The van der Waals surface area contributed by atoms with Gasteiger partial charge in [0.2, 0.25) is 5.91 Å². The molecule has 0 radical (unpaired) electrons. The lowest BCUT2D eigenvalue weighted by Gasteiger charge is -2.41. The Labute approximate surface area is 193 Å². The molecule has 5 rings (SSSR count). The van der Waals surface area contributed by atoms with E-state index in [0.29, 0.717) is 30.8 Å². The number of piperazine rings is 1. The number of oxime groups is 1. The molecule has 7 heteroatoms. The van der Waals surface area contributed by atoms with Gasteiger partial charge in [-0.05, 0) is 43.4 Å². The van der Waals surface area contributed by atoms with E-state index in [2.05, 4.69) is 5.16 Å². The molecule has 170 valence electrons. The van der Waals surface area contributed by atoms with Crippen molar-refractivity contribution in [1.29, 1.82) is 0 Å². The van der Waals surface area contributed by atoms with Crippen LogP contribution in [0.4, 0.5) is 0 Å². The van der Waals surface area contributed by atoms with Gasteiger partial charge in [-0.3, -0.25) is 9.59 Å². The minimum atomic E-state index is -0.427. The van der Waals surface area contributed by atoms with E-state index in [1.807, 2.05) is 64.4 Å². The molecule has 3 heterocycles. The smallest absolute Gasteiger partial charge is 0.334 e. The van der Waals surface area contributed by atoms with Crippen LogP contribution in [0.5, 0.6) is 0 Å². The van der Waals surface area contributed by atoms with Crippen molar-refractivity contribution in [2.45, 2.75) is 44.7 Å². The van der Waals surface area contributed by atoms with Crippen LogP contribution in [0, 0.1) is 5.92 Å². The second-order valence-corrected chi connectivity index (χ2v) is 9.04. The van der Waals surface area contributed by atoms with Gasteiger partial charge in [-0.1, -0.05) is 53.7 Å². The van der Waals surface area contributed by atoms with Crippen molar-refractivity contribution in [2.75, 3.05) is 13.1 Å². The van der Waals surface area contributed by atoms with Gasteiger partial charge < -0.3 is 14.6 Å². The van der Waals surface area contributed by atoms with Crippen LogP contribution in [0.2, 0.25) is 0 Å². The fourth-order valence-corrected chi connectivity index (χ4v) is 5.32. The molecule has 3 aliphatic rings. The molecular weight excluding hydrogens is 418 g/mol. The molecular formula is C26H27N3O4. The number of carbonyl (C=O) groups excluding carboxylic acids is 3. The largest absolute Gasteiger partial charge is 0.343 e. The minimum absolute atomic E-state index is 0.0130. The van der Waals surface area contributed by atoms with Gasteiger partial charge in [0.25, 0.3) is 5.91 Å². The Morgan fingerprint density at radius 1 is 1.00 bits per heavy atom. The van der Waals surface area contributed by atoms with E-state index in [1.165, 1.54) is 0 Å². The first kappa shape index (κ1) is 21.4. The number of benzene rings is 2. The standard InChI is InChI=1S/C26H27N3O4/c1-17-21(26(32)33-27-17)13-14-24(30)29-19-11-12-20(29)16-28(15-19)25(31)23-10-6-5-9-22(23)18-7-3-2-4-8-18/h2-10,19-21H,11-16H2,1H3. The van der Waals surface area contributed by atoms with E-state index in [-0.39, 0.29) is 36.3 Å². The predicted molar refractivity (Wildman–Crippen MR) is 123 cm³/mol. The number of amides is 2. The summed E-state index contributed by atoms with van der Waals surface area (Å²) in [7, 11) is 0. The highest BCUT2D eigenvalue weighted by Gasteiger charge is 2.44. The normalized spacial score (nSPS) is 24.0. The number of nitrogens with zero attached hydrogens (tertiary/aromatic N) is 3. The van der Waals surface area contributed by atoms with E-state index in [4.69, 9.17) is 4.84 Å². The third kappa shape index (κ3) is 4.03. The van der Waals surface area contributed by atoms with Crippen molar-refractivity contribution < 1.29 is 19.2 Å². The molecule has 0 saturated carbocycles. The molecule has 0 aliphatic carbocycles. The fraction of sp³-hybridized carbons (Fsp3) is 0.385. The number of likely N-dealkylation sites (tertiary alicyclic amines) is 1. The summed E-state index contributed by atoms with van der Waals surface area (Å²) in [5, 5.41) is 3.72. The van der Waals surface area contributed by atoms with Gasteiger partial charge in [0.05, 0.1) is 5.71 Å². The lowest BCUT2D eigenvalue weighted by atomic mass is 9.97. The van der Waals surface area contributed by atoms with E-state index in [1.54, 1.807) is 6.92 Å². The summed E-state index contributed by atoms with van der Waals surface area (Å²) < 4.78 is 0. The first-order valence-electron chi connectivity index (χ1n) is 11.5. The second-order valence-electron chi connectivity index (χ2n) is 9.04. The van der Waals surface area contributed by atoms with Gasteiger partial charge in [-0.25, -0.2) is 4.79 Å². The number of carbonyl (C=O) groups is 3. The predicted octanol–water partition coefficient (Wildman–Crippen LogP) is 3.50. The lowest BCUT2D eigenvalue weighted by molar-refractivity contribution is -0.144. The average molecular weight is 446 g/mol. The summed E-state index contributed by atoms with van der Waals surface area (Å²) in [5.74, 6) is -0.745. The minimum Gasteiger partial charge on any atom is -0.334 e. The Hall–Kier alpha value is -3.48. The zero-order chi connectivity index (χ0) is 22.9. The highest BCUT2D eigenvalue weighted by atomic mass is 16.7. The third-order valence-electron chi connectivity index (χ3n) is 7.01. The number of hydrogen-bond acceptors (Lipinski definition) is 5. The molecule has 2 bridgehead atoms. The highest BCUT2D eigenvalue weighted by Crippen LogP contribution is 2.33. The van der Waals surface area contributed by atoms with Gasteiger partial charge in [0, 0.05) is 37.2 Å². The van der Waals surface area contributed by atoms with Gasteiger partial charge in [-0.2, -0.15) is 0 Å². The summed E-state index contributed by atoms with van der Waals surface area (Å²) in [6.45, 7) is 2.83. The van der Waals surface area contributed by atoms with Gasteiger partial charge in [-0.15, -0.1) is 0 Å². The molecule has 33 heavy (non-hydrogen) atoms. The van der Waals surface area contributed by atoms with Crippen LogP contribution in [-0.2, 0) is 14.4 Å². The zero-order valence-electron chi connectivity index (χ0n) is 18.6. The maximum Gasteiger partial charge on any atom is 0.343 e. The highest BCUT2D eigenvalue weighted by molar-refractivity contribution is 6.04. The summed E-state index contributed by atoms with van der Waals surface area (Å²) in [5.41, 5.74) is 3.26. The van der Waals surface area contributed by atoms with Crippen molar-refractivity contribution >= 4 is 23.5 Å². The Bertz CT molecular complexity index is 1100. The maximum absolute atomic E-state index is 13.5. The Morgan fingerprint density at radius 2 is 1.67 bits per heavy atom. The molecule has 7 nitrogen and oxygen atoms in total. The SMILES string of the molecule is CC1=NOC(=O)C1CCC(=O)N1C2CCC1CN(C(=O)c1ccccc1-c1ccccc1)C2. The van der Waals surface area contributed by atoms with E-state index in [0.717, 1.165) is 24.0 Å². The molecule has 3 atom stereocenters. The molecule has 2 aromatic rings. The molecule has 2 fully saturated rings. The summed E-state index contributed by atoms with van der Waals surface area (Å²) in [4.78, 5) is 46.9. The first-order valence-corrected chi connectivity index (χ1v) is 11.5. The Balaban J connectivity index is 1.27. The van der Waals surface area contributed by atoms with Crippen molar-refractivity contribution in [2.24, 2.45) is 11.1 Å². The van der Waals surface area contributed by atoms with Crippen LogP contribution >= 0.6 is 0 Å². The molecule has 2 saturated heterocycles. The number of fused-ring (bicyclic) bond motifs is 2. The Kier molecular flexibility index (Phi) is 5.70. The van der Waals surface area contributed by atoms with Crippen LogP contribution in [0.25, 0.3) is 11.1 Å². The summed E-state index contributed by atoms with van der Waals surface area (Å²) in [6, 6.07) is 17.7. The van der Waals surface area contributed by atoms with Crippen molar-refractivity contribution in [3.63, 3.8) is 0 Å². The molecule has 3 unspecified atom stereocenters. The molecule has 2 amide bonds. The average Bonchev–Trinajstić information content (AvgIpc) is 3.31. The summed E-state index contributed by atoms with van der Waals surface area (Å²) in [6.07, 6.45) is 2.49. The second kappa shape index (κ2) is 8.81. The molecule has 2 aromatic carbocycles. The van der Waals surface area contributed by atoms with E-state index in [9.17, 15) is 14.4 Å². The zero-order valence-corrected chi connectivity index (χ0v) is 18.6. The Morgan fingerprint density at radius 3 is 2.33 bits per heavy atom. The lowest BCUT2D eigenvalue weighted by Crippen LogP contribution is -2.57. The van der Waals surface area contributed by atoms with Gasteiger partial charge in [0.1, 0.15) is 5.92 Å². The van der Waals surface area contributed by atoms with E-state index >= 15 is 0 Å². The van der Waals surface area contributed by atoms with Crippen LogP contribution < -0.4 is 0 Å². The maximum atomic E-state index is 13.5. The molecule has 0 spiro atoms. The fourth-order valence-electron chi connectivity index (χ4n) is 5.32. The third-order valence-corrected chi connectivity index (χ3v) is 7.01. The topological polar surface area (TPSA) is 79.3 Å². The van der Waals surface area contributed by atoms with Crippen molar-refractivity contribution in [1.82, 2.24) is 9.80 Å². The molecule has 0 aromatic heterocycles. The quantitative estimate of drug-likeness (QED) is 0.660. The van der Waals surface area contributed by atoms with Crippen LogP contribution in [-0.4, -0.2) is 58.5 Å². The van der Waals surface area contributed by atoms with Crippen molar-refractivity contribution in [3.05, 3.63) is 60.2 Å². The number of hydrogen-bond donors (Lipinski definition) is 0. The summed E-state index contributed by atoms with van der Waals surface area (Å²) >= 11 is 0. The van der Waals surface area contributed by atoms with Gasteiger partial charge >= 0.3 is 5.97 Å². The number of rotatable bonds is 5. The van der Waals surface area contributed by atoms with E-state index < -0.39 is 5.92 Å². The van der Waals surface area contributed by atoms with Crippen molar-refractivity contribution in [3.8, 4) is 11.1 Å². The van der Waals surface area contributed by atoms with Crippen LogP contribution in [0.3, 0.4) is 0 Å². The van der Waals surface area contributed by atoms with Gasteiger partial charge in [0.15, 0.2) is 0 Å².